The Balaban J connectivity index is 0.00000200. The minimum absolute atomic E-state index is 0. The molecule has 2 rings (SSSR count). The van der Waals surface area contributed by atoms with Gasteiger partial charge in [-0.2, -0.15) is 5.10 Å². The molecule has 2 aromatic rings. The zero-order valence-electron chi connectivity index (χ0n) is 11.6. The van der Waals surface area contributed by atoms with E-state index in [1.807, 2.05) is 43.6 Å². The van der Waals surface area contributed by atoms with Gasteiger partial charge in [0, 0.05) is 38.1 Å². The maximum absolute atomic E-state index is 12.2. The first kappa shape index (κ1) is 16.2. The molecule has 1 aromatic carbocycles. The van der Waals surface area contributed by atoms with Gasteiger partial charge in [0.25, 0.3) is 5.91 Å². The van der Waals surface area contributed by atoms with Gasteiger partial charge in [0.05, 0.1) is 5.69 Å². The van der Waals surface area contributed by atoms with Crippen molar-refractivity contribution in [1.82, 2.24) is 20.0 Å². The number of benzene rings is 1. The van der Waals surface area contributed by atoms with Gasteiger partial charge >= 0.3 is 0 Å². The summed E-state index contributed by atoms with van der Waals surface area (Å²) < 4.78 is 1.74. The monoisotopic (exact) mass is 294 g/mol. The van der Waals surface area contributed by atoms with E-state index in [4.69, 9.17) is 0 Å². The zero-order chi connectivity index (χ0) is 13.7. The molecule has 0 aliphatic carbocycles. The van der Waals surface area contributed by atoms with Crippen molar-refractivity contribution in [3.63, 3.8) is 0 Å². The molecule has 0 unspecified atom stereocenters. The molecule has 0 fully saturated rings. The Bertz CT molecular complexity index is 542. The first-order valence-electron chi connectivity index (χ1n) is 6.22. The molecule has 0 aliphatic rings. The summed E-state index contributed by atoms with van der Waals surface area (Å²) in [6, 6.07) is 9.33. The minimum atomic E-state index is 0. The molecular formula is C14H19ClN4O. The van der Waals surface area contributed by atoms with Crippen LogP contribution < -0.4 is 5.32 Å². The van der Waals surface area contributed by atoms with Gasteiger partial charge in [-0.3, -0.25) is 4.79 Å². The van der Waals surface area contributed by atoms with Crippen LogP contribution in [0.5, 0.6) is 0 Å². The van der Waals surface area contributed by atoms with E-state index in [0.29, 0.717) is 12.1 Å². The van der Waals surface area contributed by atoms with Crippen LogP contribution in [0.1, 0.15) is 10.4 Å². The Hall–Kier alpha value is -1.85. The third-order valence-electron chi connectivity index (χ3n) is 2.91. The van der Waals surface area contributed by atoms with Crippen LogP contribution in [0.4, 0.5) is 0 Å². The molecule has 1 N–H and O–H groups in total. The van der Waals surface area contributed by atoms with Crippen LogP contribution in [0.2, 0.25) is 0 Å². The van der Waals surface area contributed by atoms with Gasteiger partial charge in [-0.1, -0.05) is 6.07 Å². The Morgan fingerprint density at radius 2 is 2.20 bits per heavy atom. The molecule has 108 valence electrons. The van der Waals surface area contributed by atoms with Crippen molar-refractivity contribution in [2.45, 2.75) is 0 Å². The fraction of sp³-hybridized carbons (Fsp3) is 0.286. The third-order valence-corrected chi connectivity index (χ3v) is 2.91. The van der Waals surface area contributed by atoms with E-state index in [1.54, 1.807) is 22.8 Å². The second-order valence-corrected chi connectivity index (χ2v) is 4.33. The van der Waals surface area contributed by atoms with E-state index in [1.165, 1.54) is 0 Å². The van der Waals surface area contributed by atoms with Crippen molar-refractivity contribution >= 4 is 18.3 Å². The molecule has 20 heavy (non-hydrogen) atoms. The quantitative estimate of drug-likeness (QED) is 0.911. The summed E-state index contributed by atoms with van der Waals surface area (Å²) in [5.41, 5.74) is 1.56. The molecule has 0 saturated heterocycles. The highest BCUT2D eigenvalue weighted by Crippen LogP contribution is 2.11. The van der Waals surface area contributed by atoms with E-state index >= 15 is 0 Å². The van der Waals surface area contributed by atoms with Gasteiger partial charge in [-0.05, 0) is 31.3 Å². The van der Waals surface area contributed by atoms with Gasteiger partial charge in [0.15, 0.2) is 0 Å². The van der Waals surface area contributed by atoms with Crippen molar-refractivity contribution in [1.29, 1.82) is 0 Å². The number of carbonyl (C=O) groups excluding carboxylic acids is 1. The van der Waals surface area contributed by atoms with E-state index in [9.17, 15) is 4.79 Å². The SMILES string of the molecule is CNCCN(C)C(=O)c1cccc(-n2cccn2)c1.Cl. The van der Waals surface area contributed by atoms with E-state index in [-0.39, 0.29) is 18.3 Å². The Morgan fingerprint density at radius 1 is 1.40 bits per heavy atom. The average molecular weight is 295 g/mol. The fourth-order valence-electron chi connectivity index (χ4n) is 1.80. The second kappa shape index (κ2) is 7.67. The van der Waals surface area contributed by atoms with Gasteiger partial charge in [-0.15, -0.1) is 12.4 Å². The number of nitrogens with one attached hydrogen (secondary N) is 1. The maximum atomic E-state index is 12.2. The Morgan fingerprint density at radius 3 is 2.85 bits per heavy atom. The highest BCUT2D eigenvalue weighted by atomic mass is 35.5. The molecule has 1 heterocycles. The van der Waals surface area contributed by atoms with Crippen LogP contribution >= 0.6 is 12.4 Å². The molecule has 0 atom stereocenters. The summed E-state index contributed by atoms with van der Waals surface area (Å²) in [7, 11) is 3.68. The smallest absolute Gasteiger partial charge is 0.253 e. The van der Waals surface area contributed by atoms with Gasteiger partial charge in [-0.25, -0.2) is 4.68 Å². The predicted molar refractivity (Wildman–Crippen MR) is 81.7 cm³/mol. The predicted octanol–water partition coefficient (Wildman–Crippen LogP) is 1.59. The number of likely N-dealkylation sites (N-methyl/N-ethyl adjacent to an activating group) is 2. The van der Waals surface area contributed by atoms with Gasteiger partial charge < -0.3 is 10.2 Å². The summed E-state index contributed by atoms with van der Waals surface area (Å²) in [6.07, 6.45) is 3.57. The first-order valence-corrected chi connectivity index (χ1v) is 6.22. The lowest BCUT2D eigenvalue weighted by Crippen LogP contribution is -2.32. The number of rotatable bonds is 5. The summed E-state index contributed by atoms with van der Waals surface area (Å²) in [6.45, 7) is 1.46. The molecule has 5 nitrogen and oxygen atoms in total. The number of halogens is 1. The van der Waals surface area contributed by atoms with E-state index in [0.717, 1.165) is 12.2 Å². The topological polar surface area (TPSA) is 50.2 Å². The lowest BCUT2D eigenvalue weighted by atomic mass is 10.2. The average Bonchev–Trinajstić information content (AvgIpc) is 2.98. The molecule has 1 aromatic heterocycles. The van der Waals surface area contributed by atoms with E-state index < -0.39 is 0 Å². The van der Waals surface area contributed by atoms with Crippen LogP contribution in [0.25, 0.3) is 5.69 Å². The number of amides is 1. The molecule has 0 bridgehead atoms. The summed E-state index contributed by atoms with van der Waals surface area (Å²) >= 11 is 0. The Kier molecular flexibility index (Phi) is 6.21. The third kappa shape index (κ3) is 3.82. The lowest BCUT2D eigenvalue weighted by molar-refractivity contribution is 0.0797. The minimum Gasteiger partial charge on any atom is -0.340 e. The van der Waals surface area contributed by atoms with Crippen LogP contribution in [0.3, 0.4) is 0 Å². The highest BCUT2D eigenvalue weighted by molar-refractivity contribution is 5.94. The fourth-order valence-corrected chi connectivity index (χ4v) is 1.80. The zero-order valence-corrected chi connectivity index (χ0v) is 12.4. The first-order chi connectivity index (χ1) is 9.22. The van der Waals surface area contributed by atoms with E-state index in [2.05, 4.69) is 10.4 Å². The largest absolute Gasteiger partial charge is 0.340 e. The number of hydrogen-bond donors (Lipinski definition) is 1. The van der Waals surface area contributed by atoms with Crippen LogP contribution in [0, 0.1) is 0 Å². The van der Waals surface area contributed by atoms with Crippen molar-refractivity contribution < 1.29 is 4.79 Å². The van der Waals surface area contributed by atoms with Crippen molar-refractivity contribution in [3.8, 4) is 5.69 Å². The standard InChI is InChI=1S/C14H18N4O.ClH/c1-15-8-10-17(2)14(19)12-5-3-6-13(11-12)18-9-4-7-16-18;/h3-7,9,11,15H,8,10H2,1-2H3;1H. The highest BCUT2D eigenvalue weighted by Gasteiger charge is 2.11. The van der Waals surface area contributed by atoms with Gasteiger partial charge in [0.1, 0.15) is 0 Å². The Labute approximate surface area is 125 Å². The summed E-state index contributed by atoms with van der Waals surface area (Å²) in [4.78, 5) is 13.9. The summed E-state index contributed by atoms with van der Waals surface area (Å²) in [5.74, 6) is 0.0178. The van der Waals surface area contributed by atoms with Gasteiger partial charge in [0.2, 0.25) is 0 Å². The van der Waals surface area contributed by atoms with Crippen LogP contribution in [-0.2, 0) is 0 Å². The number of nitrogens with zero attached hydrogens (tertiary/aromatic N) is 3. The molecule has 0 spiro atoms. The van der Waals surface area contributed by atoms with Crippen molar-refractivity contribution in [3.05, 3.63) is 48.3 Å². The van der Waals surface area contributed by atoms with Crippen molar-refractivity contribution in [2.75, 3.05) is 27.2 Å². The van der Waals surface area contributed by atoms with Crippen molar-refractivity contribution in [2.24, 2.45) is 0 Å². The number of hydrogen-bond acceptors (Lipinski definition) is 3. The molecular weight excluding hydrogens is 276 g/mol. The number of aromatic nitrogens is 2. The van der Waals surface area contributed by atoms with Crippen LogP contribution in [0.15, 0.2) is 42.7 Å². The summed E-state index contributed by atoms with van der Waals surface area (Å²) in [5, 5.41) is 7.19. The molecule has 1 amide bonds. The molecule has 6 heteroatoms. The second-order valence-electron chi connectivity index (χ2n) is 4.33. The maximum Gasteiger partial charge on any atom is 0.253 e. The molecule has 0 saturated carbocycles. The van der Waals surface area contributed by atoms with Crippen LogP contribution in [-0.4, -0.2) is 47.8 Å². The number of carbonyl (C=O) groups is 1. The molecule has 0 radical (unpaired) electrons. The normalized spacial score (nSPS) is 9.90. The lowest BCUT2D eigenvalue weighted by Gasteiger charge is -2.17. The molecule has 0 aliphatic heterocycles.